The van der Waals surface area contributed by atoms with Gasteiger partial charge in [-0.1, -0.05) is 29.8 Å². The van der Waals surface area contributed by atoms with Crippen molar-refractivity contribution in [1.82, 2.24) is 0 Å². The molecule has 0 aromatic heterocycles. The molecule has 2 aromatic carbocycles. The number of aryl methyl sites for hydroxylation is 1. The average molecular weight is 391 g/mol. The lowest BCUT2D eigenvalue weighted by molar-refractivity contribution is -0.151. The summed E-state index contributed by atoms with van der Waals surface area (Å²) in [5, 5.41) is 11.3. The first-order valence-corrected chi connectivity index (χ1v) is 9.25. The minimum atomic E-state index is -0.595. The van der Waals surface area contributed by atoms with Gasteiger partial charge in [-0.2, -0.15) is 5.26 Å². The molecule has 29 heavy (non-hydrogen) atoms. The Kier molecular flexibility index (Phi) is 6.25. The number of nitrogens with zero attached hydrogens (tertiary/aromatic N) is 2. The third-order valence-electron chi connectivity index (χ3n) is 4.67. The minimum absolute atomic E-state index is 0.0642. The summed E-state index contributed by atoms with van der Waals surface area (Å²) in [4.78, 5) is 38.1. The molecule has 0 spiro atoms. The Morgan fingerprint density at radius 1 is 1.17 bits per heavy atom. The predicted molar refractivity (Wildman–Crippen MR) is 107 cm³/mol. The van der Waals surface area contributed by atoms with E-state index in [1.807, 2.05) is 31.2 Å². The van der Waals surface area contributed by atoms with E-state index in [9.17, 15) is 14.4 Å². The highest BCUT2D eigenvalue weighted by atomic mass is 16.5. The Balaban J connectivity index is 1.49. The number of carbonyl (C=O) groups is 3. The normalized spacial score (nSPS) is 15.7. The van der Waals surface area contributed by atoms with Gasteiger partial charge in [0, 0.05) is 24.3 Å². The highest BCUT2D eigenvalue weighted by molar-refractivity contribution is 6.00. The summed E-state index contributed by atoms with van der Waals surface area (Å²) in [7, 11) is 0. The van der Waals surface area contributed by atoms with Gasteiger partial charge in [-0.15, -0.1) is 0 Å². The number of anilines is 2. The number of benzene rings is 2. The van der Waals surface area contributed by atoms with E-state index in [4.69, 9.17) is 10.00 Å². The molecular weight excluding hydrogens is 370 g/mol. The largest absolute Gasteiger partial charge is 0.455 e. The minimum Gasteiger partial charge on any atom is -0.455 e. The van der Waals surface area contributed by atoms with Gasteiger partial charge in [-0.3, -0.25) is 14.4 Å². The summed E-state index contributed by atoms with van der Waals surface area (Å²) in [6.45, 7) is 1.78. The van der Waals surface area contributed by atoms with Gasteiger partial charge in [0.1, 0.15) is 0 Å². The second kappa shape index (κ2) is 9.02. The Morgan fingerprint density at radius 2 is 1.86 bits per heavy atom. The van der Waals surface area contributed by atoms with E-state index < -0.39 is 24.4 Å². The molecule has 0 unspecified atom stereocenters. The van der Waals surface area contributed by atoms with Crippen LogP contribution in [0.15, 0.2) is 48.5 Å². The van der Waals surface area contributed by atoms with Crippen molar-refractivity contribution in [1.29, 1.82) is 5.26 Å². The van der Waals surface area contributed by atoms with Crippen LogP contribution in [-0.2, 0) is 25.5 Å². The first-order valence-electron chi connectivity index (χ1n) is 9.25. The molecule has 2 amide bonds. The van der Waals surface area contributed by atoms with Crippen LogP contribution < -0.4 is 10.2 Å². The van der Waals surface area contributed by atoms with Crippen molar-refractivity contribution >= 4 is 29.2 Å². The quantitative estimate of drug-likeness (QED) is 0.763. The van der Waals surface area contributed by atoms with Crippen LogP contribution in [0, 0.1) is 24.2 Å². The standard InChI is InChI=1S/C22H21N3O4/c1-15-2-8-19(9-3-15)25-13-17(12-21(25)27)22(28)29-14-20(26)24-18-6-4-16(5-7-18)10-11-23/h2-9,17H,10,12-14H2,1H3,(H,24,26)/t17-/m0/s1. The van der Waals surface area contributed by atoms with E-state index in [-0.39, 0.29) is 18.9 Å². The van der Waals surface area contributed by atoms with Gasteiger partial charge in [0.15, 0.2) is 6.61 Å². The Hall–Kier alpha value is -3.66. The van der Waals surface area contributed by atoms with Crippen molar-refractivity contribution < 1.29 is 19.1 Å². The number of hydrogen-bond acceptors (Lipinski definition) is 5. The summed E-state index contributed by atoms with van der Waals surface area (Å²) in [5.74, 6) is -1.77. The van der Waals surface area contributed by atoms with E-state index in [0.29, 0.717) is 12.1 Å². The van der Waals surface area contributed by atoms with Crippen molar-refractivity contribution in [2.45, 2.75) is 19.8 Å². The van der Waals surface area contributed by atoms with Crippen molar-refractivity contribution in [2.24, 2.45) is 5.92 Å². The molecule has 3 rings (SSSR count). The second-order valence-corrected chi connectivity index (χ2v) is 6.93. The lowest BCUT2D eigenvalue weighted by Crippen LogP contribution is -2.28. The highest BCUT2D eigenvalue weighted by Crippen LogP contribution is 2.26. The molecule has 1 heterocycles. The van der Waals surface area contributed by atoms with Gasteiger partial charge in [-0.05, 0) is 36.8 Å². The fraction of sp³-hybridized carbons (Fsp3) is 0.273. The molecule has 1 aliphatic heterocycles. The number of nitriles is 1. The van der Waals surface area contributed by atoms with Crippen LogP contribution in [0.3, 0.4) is 0 Å². The van der Waals surface area contributed by atoms with Crippen LogP contribution in [0.5, 0.6) is 0 Å². The first kappa shape index (κ1) is 20.1. The molecule has 0 radical (unpaired) electrons. The number of carbonyl (C=O) groups excluding carboxylic acids is 3. The third kappa shape index (κ3) is 5.20. The number of ether oxygens (including phenoxy) is 1. The van der Waals surface area contributed by atoms with Crippen LogP contribution in [-0.4, -0.2) is 30.9 Å². The predicted octanol–water partition coefficient (Wildman–Crippen LogP) is 2.60. The van der Waals surface area contributed by atoms with Gasteiger partial charge in [0.25, 0.3) is 5.91 Å². The molecule has 1 saturated heterocycles. The molecule has 1 atom stereocenters. The molecule has 1 fully saturated rings. The summed E-state index contributed by atoms with van der Waals surface area (Å²) >= 11 is 0. The van der Waals surface area contributed by atoms with Crippen LogP contribution in [0.2, 0.25) is 0 Å². The van der Waals surface area contributed by atoms with Gasteiger partial charge < -0.3 is 15.0 Å². The van der Waals surface area contributed by atoms with Gasteiger partial charge in [0.05, 0.1) is 18.4 Å². The lowest BCUT2D eigenvalue weighted by Gasteiger charge is -2.16. The van der Waals surface area contributed by atoms with Crippen molar-refractivity contribution in [3.05, 3.63) is 59.7 Å². The van der Waals surface area contributed by atoms with Gasteiger partial charge in [-0.25, -0.2) is 0 Å². The maximum Gasteiger partial charge on any atom is 0.311 e. The van der Waals surface area contributed by atoms with Crippen LogP contribution in [0.25, 0.3) is 0 Å². The molecule has 148 valence electrons. The number of rotatable bonds is 6. The topological polar surface area (TPSA) is 99.5 Å². The molecule has 7 nitrogen and oxygen atoms in total. The van der Waals surface area contributed by atoms with Crippen molar-refractivity contribution in [3.63, 3.8) is 0 Å². The zero-order valence-electron chi connectivity index (χ0n) is 16.1. The van der Waals surface area contributed by atoms with E-state index in [1.165, 1.54) is 0 Å². The lowest BCUT2D eigenvalue weighted by atomic mass is 10.1. The molecule has 2 aromatic rings. The third-order valence-corrected chi connectivity index (χ3v) is 4.67. The maximum atomic E-state index is 12.3. The van der Waals surface area contributed by atoms with Crippen LogP contribution in [0.1, 0.15) is 17.5 Å². The van der Waals surface area contributed by atoms with Crippen molar-refractivity contribution in [3.8, 4) is 6.07 Å². The summed E-state index contributed by atoms with van der Waals surface area (Å²) in [6, 6.07) is 16.4. The fourth-order valence-corrected chi connectivity index (χ4v) is 3.09. The zero-order chi connectivity index (χ0) is 20.8. The number of hydrogen-bond donors (Lipinski definition) is 1. The monoisotopic (exact) mass is 391 g/mol. The molecule has 1 N–H and O–H groups in total. The van der Waals surface area contributed by atoms with Crippen LogP contribution in [0.4, 0.5) is 11.4 Å². The molecular formula is C22H21N3O4. The fourth-order valence-electron chi connectivity index (χ4n) is 3.09. The van der Waals surface area contributed by atoms with Gasteiger partial charge >= 0.3 is 5.97 Å². The number of amides is 2. The smallest absolute Gasteiger partial charge is 0.311 e. The summed E-state index contributed by atoms with van der Waals surface area (Å²) in [6.07, 6.45) is 0.361. The van der Waals surface area contributed by atoms with E-state index in [0.717, 1.165) is 16.8 Å². The Bertz CT molecular complexity index is 946. The SMILES string of the molecule is Cc1ccc(N2C[C@@H](C(=O)OCC(=O)Nc3ccc(CC#N)cc3)CC2=O)cc1. The highest BCUT2D eigenvalue weighted by Gasteiger charge is 2.36. The Morgan fingerprint density at radius 3 is 2.52 bits per heavy atom. The van der Waals surface area contributed by atoms with E-state index in [1.54, 1.807) is 29.2 Å². The Labute approximate surface area is 168 Å². The molecule has 0 aliphatic carbocycles. The first-order chi connectivity index (χ1) is 14.0. The summed E-state index contributed by atoms with van der Waals surface area (Å²) < 4.78 is 5.10. The maximum absolute atomic E-state index is 12.3. The molecule has 0 saturated carbocycles. The van der Waals surface area contributed by atoms with E-state index >= 15 is 0 Å². The van der Waals surface area contributed by atoms with Gasteiger partial charge in [0.2, 0.25) is 5.91 Å². The number of esters is 1. The zero-order valence-corrected chi connectivity index (χ0v) is 16.1. The van der Waals surface area contributed by atoms with Crippen LogP contribution >= 0.6 is 0 Å². The van der Waals surface area contributed by atoms with E-state index in [2.05, 4.69) is 11.4 Å². The molecule has 1 aliphatic rings. The number of nitrogens with one attached hydrogen (secondary N) is 1. The second-order valence-electron chi connectivity index (χ2n) is 6.93. The molecule has 0 bridgehead atoms. The van der Waals surface area contributed by atoms with Crippen molar-refractivity contribution in [2.75, 3.05) is 23.4 Å². The summed E-state index contributed by atoms with van der Waals surface area (Å²) in [5.41, 5.74) is 3.23. The molecule has 7 heteroatoms. The average Bonchev–Trinajstić information content (AvgIpc) is 3.10.